The predicted octanol–water partition coefficient (Wildman–Crippen LogP) is 0.750. The number of anilines is 1. The molecule has 1 aliphatic rings. The predicted molar refractivity (Wildman–Crippen MR) is 49.0 cm³/mol. The topological polar surface area (TPSA) is 42.1 Å². The molecular weight excluding hydrogens is 150 g/mol. The first-order valence-corrected chi connectivity index (χ1v) is 4.30. The summed E-state index contributed by atoms with van der Waals surface area (Å²) >= 11 is 0. The maximum atomic E-state index is 5.47. The van der Waals surface area contributed by atoms with Crippen molar-refractivity contribution in [2.75, 3.05) is 18.0 Å². The van der Waals surface area contributed by atoms with Crippen LogP contribution < -0.4 is 10.6 Å². The number of nitrogens with two attached hydrogens (primary N) is 1. The van der Waals surface area contributed by atoms with E-state index in [4.69, 9.17) is 5.73 Å². The van der Waals surface area contributed by atoms with E-state index < -0.39 is 0 Å². The molecule has 1 aromatic rings. The maximum absolute atomic E-state index is 5.47. The number of pyridine rings is 1. The Kier molecular flexibility index (Phi) is 1.96. The summed E-state index contributed by atoms with van der Waals surface area (Å²) in [5.74, 6) is 1.08. The molecule has 0 radical (unpaired) electrons. The lowest BCUT2D eigenvalue weighted by molar-refractivity contribution is 0.609. The highest BCUT2D eigenvalue weighted by atomic mass is 15.2. The highest BCUT2D eigenvalue weighted by Gasteiger charge is 2.14. The molecule has 0 saturated carbocycles. The summed E-state index contributed by atoms with van der Waals surface area (Å²) in [5.41, 5.74) is 6.57. The zero-order chi connectivity index (χ0) is 8.39. The van der Waals surface area contributed by atoms with E-state index in [1.165, 1.54) is 6.42 Å². The van der Waals surface area contributed by atoms with Crippen LogP contribution in [0.25, 0.3) is 0 Å². The first kappa shape index (κ1) is 7.55. The van der Waals surface area contributed by atoms with Gasteiger partial charge in [0.05, 0.1) is 0 Å². The molecule has 1 fully saturated rings. The van der Waals surface area contributed by atoms with Crippen LogP contribution in [0.3, 0.4) is 0 Å². The zero-order valence-corrected chi connectivity index (χ0v) is 7.03. The first-order chi connectivity index (χ1) is 5.90. The molecule has 12 heavy (non-hydrogen) atoms. The van der Waals surface area contributed by atoms with Crippen molar-refractivity contribution in [1.82, 2.24) is 4.98 Å². The number of nitrogens with zero attached hydrogens (tertiary/aromatic N) is 2. The van der Waals surface area contributed by atoms with Gasteiger partial charge < -0.3 is 10.6 Å². The summed E-state index contributed by atoms with van der Waals surface area (Å²) in [7, 11) is 0. The van der Waals surface area contributed by atoms with Gasteiger partial charge in [0, 0.05) is 25.8 Å². The van der Waals surface area contributed by atoms with Gasteiger partial charge in [-0.25, -0.2) is 4.98 Å². The average Bonchev–Trinajstić information content (AvgIpc) is 2.03. The van der Waals surface area contributed by atoms with Crippen molar-refractivity contribution in [3.05, 3.63) is 23.9 Å². The number of rotatable bonds is 2. The lowest BCUT2D eigenvalue weighted by atomic mass is 10.2. The van der Waals surface area contributed by atoms with Crippen LogP contribution in [0.5, 0.6) is 0 Å². The maximum Gasteiger partial charge on any atom is 0.128 e. The van der Waals surface area contributed by atoms with Crippen LogP contribution in [0, 0.1) is 0 Å². The summed E-state index contributed by atoms with van der Waals surface area (Å²) in [6.07, 6.45) is 3.15. The third-order valence-electron chi connectivity index (χ3n) is 2.22. The molecule has 0 aliphatic carbocycles. The molecule has 3 nitrogen and oxygen atoms in total. The minimum absolute atomic E-state index is 0.577. The SMILES string of the molecule is NCc1ccc(N2CCC2)nc1. The molecule has 1 aromatic heterocycles. The van der Waals surface area contributed by atoms with Crippen molar-refractivity contribution in [2.24, 2.45) is 5.73 Å². The molecule has 0 bridgehead atoms. The first-order valence-electron chi connectivity index (χ1n) is 4.30. The fraction of sp³-hybridized carbons (Fsp3) is 0.444. The molecule has 3 heteroatoms. The minimum atomic E-state index is 0.577. The quantitative estimate of drug-likeness (QED) is 0.699. The largest absolute Gasteiger partial charge is 0.356 e. The van der Waals surface area contributed by atoms with Gasteiger partial charge in [0.25, 0.3) is 0 Å². The van der Waals surface area contributed by atoms with Crippen molar-refractivity contribution in [2.45, 2.75) is 13.0 Å². The summed E-state index contributed by atoms with van der Waals surface area (Å²) in [5, 5.41) is 0. The molecule has 1 aliphatic heterocycles. The van der Waals surface area contributed by atoms with E-state index in [0.29, 0.717) is 6.54 Å². The second kappa shape index (κ2) is 3.11. The zero-order valence-electron chi connectivity index (χ0n) is 7.03. The Morgan fingerprint density at radius 3 is 2.67 bits per heavy atom. The van der Waals surface area contributed by atoms with Crippen LogP contribution >= 0.6 is 0 Å². The summed E-state index contributed by atoms with van der Waals surface area (Å²) in [6, 6.07) is 4.09. The van der Waals surface area contributed by atoms with Crippen molar-refractivity contribution < 1.29 is 0 Å². The average molecular weight is 163 g/mol. The second-order valence-corrected chi connectivity index (χ2v) is 3.07. The van der Waals surface area contributed by atoms with Crippen LogP contribution in [-0.2, 0) is 6.54 Å². The fourth-order valence-electron chi connectivity index (χ4n) is 1.27. The smallest absolute Gasteiger partial charge is 0.128 e. The van der Waals surface area contributed by atoms with Gasteiger partial charge in [-0.05, 0) is 18.1 Å². The van der Waals surface area contributed by atoms with E-state index in [9.17, 15) is 0 Å². The van der Waals surface area contributed by atoms with Crippen molar-refractivity contribution >= 4 is 5.82 Å². The van der Waals surface area contributed by atoms with Gasteiger partial charge in [-0.15, -0.1) is 0 Å². The molecule has 64 valence electrons. The molecule has 2 N–H and O–H groups in total. The van der Waals surface area contributed by atoms with E-state index in [-0.39, 0.29) is 0 Å². The van der Waals surface area contributed by atoms with Crippen LogP contribution in [0.15, 0.2) is 18.3 Å². The lowest BCUT2D eigenvalue weighted by Crippen LogP contribution is -2.37. The third-order valence-corrected chi connectivity index (χ3v) is 2.22. The van der Waals surface area contributed by atoms with Gasteiger partial charge in [0.15, 0.2) is 0 Å². The third kappa shape index (κ3) is 1.28. The Hall–Kier alpha value is -1.09. The summed E-state index contributed by atoms with van der Waals surface area (Å²) in [4.78, 5) is 6.58. The molecule has 0 spiro atoms. The standard InChI is InChI=1S/C9H13N3/c10-6-8-2-3-9(11-7-8)12-4-1-5-12/h2-3,7H,1,4-6,10H2. The van der Waals surface area contributed by atoms with Gasteiger partial charge in [-0.1, -0.05) is 6.07 Å². The highest BCUT2D eigenvalue weighted by molar-refractivity contribution is 5.41. The molecule has 2 heterocycles. The van der Waals surface area contributed by atoms with Gasteiger partial charge in [0.2, 0.25) is 0 Å². The van der Waals surface area contributed by atoms with Crippen molar-refractivity contribution in [1.29, 1.82) is 0 Å². The number of hydrogen-bond acceptors (Lipinski definition) is 3. The van der Waals surface area contributed by atoms with E-state index in [2.05, 4.69) is 9.88 Å². The van der Waals surface area contributed by atoms with E-state index in [1.54, 1.807) is 0 Å². The molecular formula is C9H13N3. The lowest BCUT2D eigenvalue weighted by Gasteiger charge is -2.31. The molecule has 0 unspecified atom stereocenters. The summed E-state index contributed by atoms with van der Waals surface area (Å²) < 4.78 is 0. The second-order valence-electron chi connectivity index (χ2n) is 3.07. The van der Waals surface area contributed by atoms with Gasteiger partial charge >= 0.3 is 0 Å². The van der Waals surface area contributed by atoms with Crippen LogP contribution in [-0.4, -0.2) is 18.1 Å². The minimum Gasteiger partial charge on any atom is -0.356 e. The number of aromatic nitrogens is 1. The van der Waals surface area contributed by atoms with Crippen LogP contribution in [0.2, 0.25) is 0 Å². The van der Waals surface area contributed by atoms with Gasteiger partial charge in [0.1, 0.15) is 5.82 Å². The van der Waals surface area contributed by atoms with Crippen molar-refractivity contribution in [3.63, 3.8) is 0 Å². The normalized spacial score (nSPS) is 15.9. The summed E-state index contributed by atoms with van der Waals surface area (Å²) in [6.45, 7) is 2.87. The van der Waals surface area contributed by atoms with Crippen molar-refractivity contribution in [3.8, 4) is 0 Å². The highest BCUT2D eigenvalue weighted by Crippen LogP contribution is 2.17. The van der Waals surface area contributed by atoms with E-state index in [0.717, 1.165) is 24.5 Å². The number of hydrogen-bond donors (Lipinski definition) is 1. The Balaban J connectivity index is 2.13. The molecule has 0 aromatic carbocycles. The van der Waals surface area contributed by atoms with E-state index >= 15 is 0 Å². The van der Waals surface area contributed by atoms with Crippen LogP contribution in [0.4, 0.5) is 5.82 Å². The Bertz CT molecular complexity index is 251. The Morgan fingerprint density at radius 2 is 2.25 bits per heavy atom. The van der Waals surface area contributed by atoms with Gasteiger partial charge in [-0.2, -0.15) is 0 Å². The van der Waals surface area contributed by atoms with Gasteiger partial charge in [-0.3, -0.25) is 0 Å². The van der Waals surface area contributed by atoms with E-state index in [1.807, 2.05) is 18.3 Å². The molecule has 2 rings (SSSR count). The Labute approximate surface area is 72.2 Å². The molecule has 0 amide bonds. The Morgan fingerprint density at radius 1 is 1.42 bits per heavy atom. The van der Waals surface area contributed by atoms with Crippen LogP contribution in [0.1, 0.15) is 12.0 Å². The fourth-order valence-corrected chi connectivity index (χ4v) is 1.27. The molecule has 1 saturated heterocycles. The monoisotopic (exact) mass is 163 g/mol. The molecule has 0 atom stereocenters.